The largest absolute Gasteiger partial charge is 0.443 e. The molecule has 9 heteroatoms. The normalized spacial score (nSPS) is 12.6. The smallest absolute Gasteiger partial charge is 0.421 e. The maximum Gasteiger partial charge on any atom is 0.421 e. The van der Waals surface area contributed by atoms with Crippen LogP contribution in [0.1, 0.15) is 20.8 Å². The minimum absolute atomic E-state index is 0.180. The number of carbonyl (C=O) groups excluding carboxylic acids is 1. The van der Waals surface area contributed by atoms with Gasteiger partial charge < -0.3 is 4.74 Å². The minimum atomic E-state index is -3.89. The van der Waals surface area contributed by atoms with Crippen molar-refractivity contribution in [2.75, 3.05) is 0 Å². The Labute approximate surface area is 120 Å². The van der Waals surface area contributed by atoms with Crippen molar-refractivity contribution in [2.45, 2.75) is 31.3 Å². The Kier molecular flexibility index (Phi) is 3.47. The fraction of sp³-hybridized carbons (Fsp3) is 0.364. The first-order chi connectivity index (χ1) is 9.08. The fourth-order valence-corrected chi connectivity index (χ4v) is 2.14. The summed E-state index contributed by atoms with van der Waals surface area (Å²) in [6.07, 6.45) is 1.64. The number of hydrogen-bond acceptors (Lipinski definition) is 6. The van der Waals surface area contributed by atoms with Gasteiger partial charge in [0.05, 0.1) is 0 Å². The summed E-state index contributed by atoms with van der Waals surface area (Å²) in [6, 6.07) is 1.24. The van der Waals surface area contributed by atoms with Gasteiger partial charge in [0.25, 0.3) is 9.05 Å². The minimum Gasteiger partial charge on any atom is -0.443 e. The van der Waals surface area contributed by atoms with Crippen molar-refractivity contribution < 1.29 is 17.9 Å². The molecule has 0 aliphatic rings. The molecule has 0 radical (unpaired) electrons. The number of ether oxygens (including phenoxy) is 1. The van der Waals surface area contributed by atoms with E-state index < -0.39 is 20.7 Å². The van der Waals surface area contributed by atoms with Gasteiger partial charge in [-0.3, -0.25) is 0 Å². The molecule has 0 aromatic carbocycles. The van der Waals surface area contributed by atoms with E-state index in [1.807, 2.05) is 0 Å². The zero-order chi connectivity index (χ0) is 15.1. The van der Waals surface area contributed by atoms with E-state index in [1.54, 1.807) is 20.8 Å². The van der Waals surface area contributed by atoms with Crippen LogP contribution in [-0.4, -0.2) is 34.6 Å². The molecule has 0 unspecified atom stereocenters. The van der Waals surface area contributed by atoms with E-state index in [0.717, 1.165) is 10.8 Å². The first-order valence-corrected chi connectivity index (χ1v) is 7.90. The van der Waals surface area contributed by atoms with E-state index in [4.69, 9.17) is 15.4 Å². The predicted molar refractivity (Wildman–Crippen MR) is 72.2 cm³/mol. The molecule has 0 aliphatic carbocycles. The fourth-order valence-electron chi connectivity index (χ4n) is 1.46. The number of nitrogens with zero attached hydrogens (tertiary/aromatic N) is 3. The average Bonchev–Trinajstić information content (AvgIpc) is 2.67. The van der Waals surface area contributed by atoms with Gasteiger partial charge in [0.15, 0.2) is 5.65 Å². The molecule has 0 spiro atoms. The number of pyridine rings is 1. The lowest BCUT2D eigenvalue weighted by atomic mass is 10.2. The summed E-state index contributed by atoms with van der Waals surface area (Å²) in [7, 11) is 1.33. The Balaban J connectivity index is 2.46. The molecule has 0 aliphatic heterocycles. The molecule has 2 aromatic heterocycles. The maximum absolute atomic E-state index is 11.9. The summed E-state index contributed by atoms with van der Waals surface area (Å²) in [5, 5.41) is 0. The summed E-state index contributed by atoms with van der Waals surface area (Å²) in [5.41, 5.74) is -0.228. The van der Waals surface area contributed by atoms with Crippen LogP contribution < -0.4 is 0 Å². The molecule has 2 heterocycles. The van der Waals surface area contributed by atoms with Crippen LogP contribution in [0.25, 0.3) is 11.2 Å². The van der Waals surface area contributed by atoms with Crippen molar-refractivity contribution in [1.82, 2.24) is 14.5 Å². The van der Waals surface area contributed by atoms with Crippen LogP contribution in [0.3, 0.4) is 0 Å². The van der Waals surface area contributed by atoms with Crippen LogP contribution in [-0.2, 0) is 13.8 Å². The molecule has 0 atom stereocenters. The van der Waals surface area contributed by atoms with Gasteiger partial charge in [0, 0.05) is 16.9 Å². The lowest BCUT2D eigenvalue weighted by molar-refractivity contribution is 0.0542. The van der Waals surface area contributed by atoms with Gasteiger partial charge in [-0.1, -0.05) is 0 Å². The van der Waals surface area contributed by atoms with Crippen LogP contribution >= 0.6 is 10.7 Å². The number of carbonyl (C=O) groups is 1. The molecule has 0 saturated heterocycles. The molecule has 0 bridgehead atoms. The maximum atomic E-state index is 11.9. The molecule has 108 valence electrons. The van der Waals surface area contributed by atoms with E-state index >= 15 is 0 Å². The Morgan fingerprint density at radius 3 is 2.55 bits per heavy atom. The number of hydrogen-bond donors (Lipinski definition) is 0. The number of halogens is 1. The quantitative estimate of drug-likeness (QED) is 0.748. The van der Waals surface area contributed by atoms with Gasteiger partial charge in [0.2, 0.25) is 0 Å². The second-order valence-electron chi connectivity index (χ2n) is 5.05. The van der Waals surface area contributed by atoms with Crippen molar-refractivity contribution in [3.63, 3.8) is 0 Å². The summed E-state index contributed by atoms with van der Waals surface area (Å²) in [5.74, 6) is 0. The van der Waals surface area contributed by atoms with E-state index in [9.17, 15) is 13.2 Å². The van der Waals surface area contributed by atoms with E-state index in [1.165, 1.54) is 12.4 Å². The van der Waals surface area contributed by atoms with Gasteiger partial charge in [-0.15, -0.1) is 0 Å². The van der Waals surface area contributed by atoms with Gasteiger partial charge in [-0.2, -0.15) is 0 Å². The molecule has 0 saturated carbocycles. The molecule has 2 aromatic rings. The zero-order valence-electron chi connectivity index (χ0n) is 11.0. The topological polar surface area (TPSA) is 91.2 Å². The lowest BCUT2D eigenvalue weighted by Crippen LogP contribution is -2.26. The standard InChI is InChI=1S/C11H12ClN3O4S/c1-11(2,3)19-10(16)15-6-14-8-4-7(20(12,17)18)5-13-9(8)15/h4-6H,1-3H3. The summed E-state index contributed by atoms with van der Waals surface area (Å²) >= 11 is 0. The predicted octanol–water partition coefficient (Wildman–Crippen LogP) is 2.14. The third-order valence-corrected chi connectivity index (χ3v) is 3.56. The van der Waals surface area contributed by atoms with Crippen LogP contribution in [0.2, 0.25) is 0 Å². The van der Waals surface area contributed by atoms with Crippen LogP contribution in [0.4, 0.5) is 4.79 Å². The number of fused-ring (bicyclic) bond motifs is 1. The van der Waals surface area contributed by atoms with E-state index in [2.05, 4.69) is 9.97 Å². The van der Waals surface area contributed by atoms with Crippen molar-refractivity contribution in [1.29, 1.82) is 0 Å². The highest BCUT2D eigenvalue weighted by Gasteiger charge is 2.21. The molecular formula is C11H12ClN3O4S. The highest BCUT2D eigenvalue weighted by molar-refractivity contribution is 8.13. The van der Waals surface area contributed by atoms with Crippen molar-refractivity contribution in [2.24, 2.45) is 0 Å². The Bertz CT molecular complexity index is 777. The van der Waals surface area contributed by atoms with E-state index in [0.29, 0.717) is 0 Å². The van der Waals surface area contributed by atoms with Crippen molar-refractivity contribution in [3.05, 3.63) is 18.6 Å². The summed E-state index contributed by atoms with van der Waals surface area (Å²) in [6.45, 7) is 5.20. The second-order valence-corrected chi connectivity index (χ2v) is 7.61. The molecule has 0 N–H and O–H groups in total. The Hall–Kier alpha value is -1.67. The van der Waals surface area contributed by atoms with E-state index in [-0.39, 0.29) is 16.1 Å². The third kappa shape index (κ3) is 3.07. The summed E-state index contributed by atoms with van der Waals surface area (Å²) < 4.78 is 28.7. The first kappa shape index (κ1) is 14.7. The SMILES string of the molecule is CC(C)(C)OC(=O)n1cnc2cc(S(=O)(=O)Cl)cnc21. The lowest BCUT2D eigenvalue weighted by Gasteiger charge is -2.19. The molecule has 20 heavy (non-hydrogen) atoms. The molecule has 7 nitrogen and oxygen atoms in total. The number of rotatable bonds is 1. The Morgan fingerprint density at radius 2 is 2.00 bits per heavy atom. The highest BCUT2D eigenvalue weighted by Crippen LogP contribution is 2.19. The molecular weight excluding hydrogens is 306 g/mol. The van der Waals surface area contributed by atoms with Gasteiger partial charge in [0.1, 0.15) is 22.3 Å². The van der Waals surface area contributed by atoms with Gasteiger partial charge >= 0.3 is 6.09 Å². The van der Waals surface area contributed by atoms with Crippen LogP contribution in [0, 0.1) is 0 Å². The first-order valence-electron chi connectivity index (χ1n) is 5.59. The van der Waals surface area contributed by atoms with Crippen LogP contribution in [0.15, 0.2) is 23.5 Å². The Morgan fingerprint density at radius 1 is 1.35 bits per heavy atom. The third-order valence-electron chi connectivity index (χ3n) is 2.23. The van der Waals surface area contributed by atoms with Crippen molar-refractivity contribution in [3.8, 4) is 0 Å². The van der Waals surface area contributed by atoms with Gasteiger partial charge in [-0.05, 0) is 26.8 Å². The second kappa shape index (κ2) is 4.71. The molecule has 0 fully saturated rings. The van der Waals surface area contributed by atoms with Crippen molar-refractivity contribution >= 4 is 37.0 Å². The number of imidazole rings is 1. The van der Waals surface area contributed by atoms with Gasteiger partial charge in [-0.25, -0.2) is 27.7 Å². The monoisotopic (exact) mass is 317 g/mol. The number of aromatic nitrogens is 3. The average molecular weight is 318 g/mol. The molecule has 0 amide bonds. The summed E-state index contributed by atoms with van der Waals surface area (Å²) in [4.78, 5) is 19.6. The van der Waals surface area contributed by atoms with Crippen LogP contribution in [0.5, 0.6) is 0 Å². The zero-order valence-corrected chi connectivity index (χ0v) is 12.6. The highest BCUT2D eigenvalue weighted by atomic mass is 35.7. The molecule has 2 rings (SSSR count).